The number of hydrogen-bond donors (Lipinski definition) is 2. The molecule has 0 bridgehead atoms. The van der Waals surface area contributed by atoms with Crippen LogP contribution in [0, 0.1) is 0 Å². The first-order valence-electron chi connectivity index (χ1n) is 5.98. The topological polar surface area (TPSA) is 55.9 Å². The molecule has 1 aromatic heterocycles. The van der Waals surface area contributed by atoms with E-state index in [2.05, 4.69) is 34.8 Å². The molecule has 2 atom stereocenters. The van der Waals surface area contributed by atoms with Gasteiger partial charge in [0, 0.05) is 23.4 Å². The third kappa shape index (κ3) is 1.94. The maximum absolute atomic E-state index is 5.74. The lowest BCUT2D eigenvalue weighted by atomic mass is 10.0. The molecule has 1 aliphatic heterocycles. The molecule has 4 nitrogen and oxygen atoms in total. The fraction of sp³-hybridized carbons (Fsp3) is 0.308. The molecule has 3 N–H and O–H groups in total. The number of nitrogens with two attached hydrogens (primary N) is 1. The molecule has 94 valence electrons. The minimum atomic E-state index is 0.120. The summed E-state index contributed by atoms with van der Waals surface area (Å²) >= 11 is 1.89. The molecule has 0 amide bonds. The van der Waals surface area contributed by atoms with Gasteiger partial charge in [-0.2, -0.15) is 5.10 Å². The molecule has 1 aliphatic rings. The number of fused-ring (bicyclic) bond motifs is 1. The van der Waals surface area contributed by atoms with E-state index in [9.17, 15) is 0 Å². The maximum Gasteiger partial charge on any atom is 0.0754 e. The normalized spacial score (nSPS) is 19.8. The highest BCUT2D eigenvalue weighted by Gasteiger charge is 2.31. The molecule has 0 spiro atoms. The van der Waals surface area contributed by atoms with Gasteiger partial charge in [-0.05, 0) is 24.1 Å². The van der Waals surface area contributed by atoms with Gasteiger partial charge in [-0.3, -0.25) is 16.0 Å². The van der Waals surface area contributed by atoms with Crippen LogP contribution in [0.4, 0.5) is 0 Å². The van der Waals surface area contributed by atoms with Gasteiger partial charge < -0.3 is 0 Å². The summed E-state index contributed by atoms with van der Waals surface area (Å²) in [6, 6.07) is 10.7. The Kier molecular flexibility index (Phi) is 3.11. The van der Waals surface area contributed by atoms with Gasteiger partial charge in [0.25, 0.3) is 0 Å². The zero-order chi connectivity index (χ0) is 12.5. The number of aromatic nitrogens is 2. The molecular formula is C13H16N4S. The van der Waals surface area contributed by atoms with Crippen LogP contribution in [0.1, 0.15) is 17.3 Å². The average molecular weight is 260 g/mol. The van der Waals surface area contributed by atoms with Crippen molar-refractivity contribution in [2.45, 2.75) is 22.6 Å². The molecule has 5 heteroatoms. The third-order valence-corrected chi connectivity index (χ3v) is 4.79. The van der Waals surface area contributed by atoms with E-state index in [1.54, 1.807) is 0 Å². The lowest BCUT2D eigenvalue weighted by Gasteiger charge is -2.22. The molecule has 0 fully saturated rings. The summed E-state index contributed by atoms with van der Waals surface area (Å²) in [5.74, 6) is 5.74. The summed E-state index contributed by atoms with van der Waals surface area (Å²) in [6.45, 7) is 0. The van der Waals surface area contributed by atoms with E-state index in [4.69, 9.17) is 5.84 Å². The number of aryl methyl sites for hydroxylation is 1. The minimum absolute atomic E-state index is 0.120. The van der Waals surface area contributed by atoms with Crippen LogP contribution in [0.25, 0.3) is 0 Å². The van der Waals surface area contributed by atoms with E-state index in [0.717, 1.165) is 12.1 Å². The molecule has 2 aromatic rings. The van der Waals surface area contributed by atoms with Crippen LogP contribution in [0.3, 0.4) is 0 Å². The van der Waals surface area contributed by atoms with Crippen LogP contribution in [-0.2, 0) is 13.5 Å². The van der Waals surface area contributed by atoms with Crippen LogP contribution in [0.15, 0.2) is 41.4 Å². The molecule has 2 unspecified atom stereocenters. The Morgan fingerprint density at radius 3 is 2.94 bits per heavy atom. The zero-order valence-corrected chi connectivity index (χ0v) is 11.0. The Bertz CT molecular complexity index is 526. The van der Waals surface area contributed by atoms with Crippen molar-refractivity contribution in [3.05, 3.63) is 47.8 Å². The Morgan fingerprint density at radius 1 is 1.44 bits per heavy atom. The van der Waals surface area contributed by atoms with E-state index < -0.39 is 0 Å². The molecule has 0 saturated carbocycles. The van der Waals surface area contributed by atoms with Crippen molar-refractivity contribution in [3.63, 3.8) is 0 Å². The summed E-state index contributed by atoms with van der Waals surface area (Å²) in [6.07, 6.45) is 2.85. The van der Waals surface area contributed by atoms with Crippen molar-refractivity contribution in [1.29, 1.82) is 0 Å². The predicted molar refractivity (Wildman–Crippen MR) is 73.1 cm³/mol. The van der Waals surface area contributed by atoms with Gasteiger partial charge in [-0.25, -0.2) is 0 Å². The van der Waals surface area contributed by atoms with Crippen molar-refractivity contribution in [2.24, 2.45) is 12.9 Å². The monoisotopic (exact) mass is 260 g/mol. The van der Waals surface area contributed by atoms with Crippen molar-refractivity contribution in [2.75, 3.05) is 0 Å². The number of thioether (sulfide) groups is 1. The first-order chi connectivity index (χ1) is 8.79. The molecule has 0 saturated heterocycles. The van der Waals surface area contributed by atoms with Gasteiger partial charge in [0.2, 0.25) is 0 Å². The van der Waals surface area contributed by atoms with Crippen LogP contribution in [0.5, 0.6) is 0 Å². The van der Waals surface area contributed by atoms with Gasteiger partial charge in [-0.1, -0.05) is 18.2 Å². The van der Waals surface area contributed by atoms with E-state index in [0.29, 0.717) is 5.25 Å². The number of rotatable bonds is 3. The number of hydrogen-bond acceptors (Lipinski definition) is 4. The lowest BCUT2D eigenvalue weighted by molar-refractivity contribution is 0.494. The van der Waals surface area contributed by atoms with E-state index in [1.807, 2.05) is 35.8 Å². The van der Waals surface area contributed by atoms with Crippen molar-refractivity contribution < 1.29 is 0 Å². The molecule has 0 radical (unpaired) electrons. The van der Waals surface area contributed by atoms with Crippen molar-refractivity contribution in [3.8, 4) is 0 Å². The summed E-state index contributed by atoms with van der Waals surface area (Å²) in [5, 5.41) is 4.64. The van der Waals surface area contributed by atoms with Gasteiger partial charge in [0.1, 0.15) is 0 Å². The van der Waals surface area contributed by atoms with Crippen LogP contribution in [-0.4, -0.2) is 15.0 Å². The second-order valence-corrected chi connectivity index (χ2v) is 5.77. The second kappa shape index (κ2) is 4.76. The number of nitrogens with one attached hydrogen (secondary N) is 1. The quantitative estimate of drug-likeness (QED) is 0.651. The van der Waals surface area contributed by atoms with Gasteiger partial charge >= 0.3 is 0 Å². The SMILES string of the molecule is Cn1nccc1C(NN)C1Cc2ccccc2S1. The van der Waals surface area contributed by atoms with E-state index in [1.165, 1.54) is 10.5 Å². The van der Waals surface area contributed by atoms with E-state index in [-0.39, 0.29) is 6.04 Å². The van der Waals surface area contributed by atoms with Crippen LogP contribution < -0.4 is 11.3 Å². The molecule has 18 heavy (non-hydrogen) atoms. The number of nitrogens with zero attached hydrogens (tertiary/aromatic N) is 2. The fourth-order valence-electron chi connectivity index (χ4n) is 2.47. The first-order valence-corrected chi connectivity index (χ1v) is 6.86. The molecule has 1 aromatic carbocycles. The van der Waals surface area contributed by atoms with Gasteiger partial charge in [0.15, 0.2) is 0 Å². The third-order valence-electron chi connectivity index (χ3n) is 3.40. The number of hydrazine groups is 1. The molecule has 2 heterocycles. The highest BCUT2D eigenvalue weighted by molar-refractivity contribution is 8.00. The second-order valence-electron chi connectivity index (χ2n) is 4.49. The fourth-order valence-corrected chi connectivity index (χ4v) is 3.87. The largest absolute Gasteiger partial charge is 0.271 e. The number of benzene rings is 1. The lowest BCUT2D eigenvalue weighted by Crippen LogP contribution is -2.36. The average Bonchev–Trinajstić information content (AvgIpc) is 2.97. The van der Waals surface area contributed by atoms with Crippen LogP contribution >= 0.6 is 11.8 Å². The summed E-state index contributed by atoms with van der Waals surface area (Å²) < 4.78 is 1.88. The molecule has 0 aliphatic carbocycles. The minimum Gasteiger partial charge on any atom is -0.271 e. The summed E-state index contributed by atoms with van der Waals surface area (Å²) in [4.78, 5) is 1.37. The Balaban J connectivity index is 1.86. The van der Waals surface area contributed by atoms with Gasteiger partial charge in [-0.15, -0.1) is 11.8 Å². The van der Waals surface area contributed by atoms with E-state index >= 15 is 0 Å². The van der Waals surface area contributed by atoms with Gasteiger partial charge in [0.05, 0.1) is 11.7 Å². The zero-order valence-electron chi connectivity index (χ0n) is 10.2. The Morgan fingerprint density at radius 2 is 2.28 bits per heavy atom. The van der Waals surface area contributed by atoms with Crippen molar-refractivity contribution in [1.82, 2.24) is 15.2 Å². The molecule has 3 rings (SSSR count). The molecular weight excluding hydrogens is 244 g/mol. The first kappa shape index (κ1) is 11.8. The Hall–Kier alpha value is -1.30. The highest BCUT2D eigenvalue weighted by atomic mass is 32.2. The highest BCUT2D eigenvalue weighted by Crippen LogP contribution is 2.42. The standard InChI is InChI=1S/C13H16N4S/c1-17-10(6-7-15-17)13(16-14)12-8-9-4-2-3-5-11(9)18-12/h2-7,12-13,16H,8,14H2,1H3. The summed E-state index contributed by atoms with van der Waals surface area (Å²) in [7, 11) is 1.95. The maximum atomic E-state index is 5.74. The van der Waals surface area contributed by atoms with Crippen molar-refractivity contribution >= 4 is 11.8 Å². The smallest absolute Gasteiger partial charge is 0.0754 e. The summed E-state index contributed by atoms with van der Waals surface area (Å²) in [5.41, 5.74) is 5.48. The predicted octanol–water partition coefficient (Wildman–Crippen LogP) is 1.64. The van der Waals surface area contributed by atoms with Crippen LogP contribution in [0.2, 0.25) is 0 Å². The Labute approximate surface area is 111 Å².